The molecule has 1 N–H and O–H groups in total. The van der Waals surface area contributed by atoms with Gasteiger partial charge in [0, 0.05) is 26.2 Å². The minimum absolute atomic E-state index is 0.182. The Kier molecular flexibility index (Phi) is 7.45. The summed E-state index contributed by atoms with van der Waals surface area (Å²) >= 11 is 0. The van der Waals surface area contributed by atoms with E-state index in [1.54, 1.807) is 0 Å². The normalized spacial score (nSPS) is 20.6. The van der Waals surface area contributed by atoms with Gasteiger partial charge in [-0.25, -0.2) is 0 Å². The lowest BCUT2D eigenvalue weighted by Crippen LogP contribution is -2.43. The van der Waals surface area contributed by atoms with Gasteiger partial charge in [0.1, 0.15) is 0 Å². The summed E-state index contributed by atoms with van der Waals surface area (Å²) in [5.74, 6) is 0.601. The van der Waals surface area contributed by atoms with Crippen LogP contribution in [-0.2, 0) is 9.47 Å². The fourth-order valence-electron chi connectivity index (χ4n) is 2.28. The molecule has 120 valence electrons. The third-order valence-electron chi connectivity index (χ3n) is 3.38. The van der Waals surface area contributed by atoms with Gasteiger partial charge < -0.3 is 19.5 Å². The van der Waals surface area contributed by atoms with Crippen LogP contribution in [0, 0.1) is 5.92 Å². The summed E-state index contributed by atoms with van der Waals surface area (Å²) in [5, 5.41) is 10.0. The predicted octanol–water partition coefficient (Wildman–Crippen LogP) is 2.30. The van der Waals surface area contributed by atoms with Crippen LogP contribution in [0.15, 0.2) is 0 Å². The smallest absolute Gasteiger partial charge is 0.0900 e. The maximum atomic E-state index is 10.0. The monoisotopic (exact) mass is 287 g/mol. The molecule has 0 aliphatic carbocycles. The van der Waals surface area contributed by atoms with Crippen molar-refractivity contribution in [1.29, 1.82) is 0 Å². The molecule has 1 rings (SSSR count). The average molecular weight is 287 g/mol. The second-order valence-corrected chi connectivity index (χ2v) is 7.30. The molecule has 1 aliphatic rings. The lowest BCUT2D eigenvalue weighted by Gasteiger charge is -2.33. The van der Waals surface area contributed by atoms with Gasteiger partial charge in [-0.1, -0.05) is 13.8 Å². The number of nitrogens with zero attached hydrogens (tertiary/aromatic N) is 1. The van der Waals surface area contributed by atoms with Crippen LogP contribution in [-0.4, -0.2) is 60.7 Å². The van der Waals surface area contributed by atoms with Crippen LogP contribution in [0.5, 0.6) is 0 Å². The van der Waals surface area contributed by atoms with Crippen molar-refractivity contribution in [2.45, 2.75) is 65.3 Å². The van der Waals surface area contributed by atoms with Crippen molar-refractivity contribution < 1.29 is 14.6 Å². The number of hydrogen-bond acceptors (Lipinski definition) is 4. The quantitative estimate of drug-likeness (QED) is 0.780. The van der Waals surface area contributed by atoms with Gasteiger partial charge in [0.05, 0.1) is 24.4 Å². The Labute approximate surface area is 124 Å². The van der Waals surface area contributed by atoms with Gasteiger partial charge in [-0.2, -0.15) is 0 Å². The van der Waals surface area contributed by atoms with Crippen LogP contribution in [0.4, 0.5) is 0 Å². The van der Waals surface area contributed by atoms with Gasteiger partial charge in [-0.3, -0.25) is 0 Å². The number of rotatable bonds is 7. The van der Waals surface area contributed by atoms with E-state index in [4.69, 9.17) is 9.47 Å². The van der Waals surface area contributed by atoms with Crippen molar-refractivity contribution >= 4 is 0 Å². The number of aliphatic hydroxyl groups excluding tert-OH is 1. The Balaban J connectivity index is 2.15. The first kappa shape index (κ1) is 17.9. The van der Waals surface area contributed by atoms with Gasteiger partial charge in [0.25, 0.3) is 0 Å². The minimum atomic E-state index is -0.401. The third-order valence-corrected chi connectivity index (χ3v) is 3.38. The highest BCUT2D eigenvalue weighted by molar-refractivity contribution is 4.75. The number of β-amino-alcohol motifs (C(OH)–C–C–N with tert-alkyl or cyclic N) is 1. The number of hydrogen-bond donors (Lipinski definition) is 1. The van der Waals surface area contributed by atoms with Crippen LogP contribution < -0.4 is 0 Å². The molecule has 0 aromatic heterocycles. The molecule has 1 heterocycles. The molecule has 1 aliphatic heterocycles. The van der Waals surface area contributed by atoms with Crippen molar-refractivity contribution in [2.75, 3.05) is 32.8 Å². The largest absolute Gasteiger partial charge is 0.389 e. The summed E-state index contributed by atoms with van der Waals surface area (Å²) in [6.07, 6.45) is 2.14. The topological polar surface area (TPSA) is 41.9 Å². The second-order valence-electron chi connectivity index (χ2n) is 7.30. The standard InChI is InChI=1S/C16H33NO3/c1-13(2)11-19-15-6-8-17(9-7-15)10-14(18)12-20-16(3,4)5/h13-15,18H,6-12H2,1-5H3. The molecule has 1 fully saturated rings. The van der Waals surface area contributed by atoms with Crippen LogP contribution in [0.1, 0.15) is 47.5 Å². The third kappa shape index (κ3) is 8.20. The van der Waals surface area contributed by atoms with E-state index in [1.807, 2.05) is 20.8 Å². The van der Waals surface area contributed by atoms with Crippen molar-refractivity contribution in [3.63, 3.8) is 0 Å². The van der Waals surface area contributed by atoms with E-state index in [9.17, 15) is 5.11 Å². The molecule has 0 radical (unpaired) electrons. The zero-order chi connectivity index (χ0) is 15.2. The Morgan fingerprint density at radius 2 is 1.75 bits per heavy atom. The van der Waals surface area contributed by atoms with E-state index >= 15 is 0 Å². The Morgan fingerprint density at radius 1 is 1.15 bits per heavy atom. The summed E-state index contributed by atoms with van der Waals surface area (Å²) < 4.78 is 11.5. The molecule has 1 unspecified atom stereocenters. The molecule has 0 aromatic rings. The minimum Gasteiger partial charge on any atom is -0.389 e. The number of aliphatic hydroxyl groups is 1. The highest BCUT2D eigenvalue weighted by Gasteiger charge is 2.22. The summed E-state index contributed by atoms with van der Waals surface area (Å²) in [6, 6.07) is 0. The van der Waals surface area contributed by atoms with Gasteiger partial charge in [0.15, 0.2) is 0 Å². The molecule has 0 amide bonds. The van der Waals surface area contributed by atoms with E-state index in [0.717, 1.165) is 32.5 Å². The maximum absolute atomic E-state index is 10.0. The maximum Gasteiger partial charge on any atom is 0.0900 e. The van der Waals surface area contributed by atoms with Gasteiger partial charge in [0.2, 0.25) is 0 Å². The second kappa shape index (κ2) is 8.32. The zero-order valence-electron chi connectivity index (χ0n) is 13.9. The molecule has 0 spiro atoms. The molecule has 1 saturated heterocycles. The fourth-order valence-corrected chi connectivity index (χ4v) is 2.28. The lowest BCUT2D eigenvalue weighted by molar-refractivity contribution is -0.0626. The summed E-state index contributed by atoms with van der Waals surface area (Å²) in [4.78, 5) is 2.31. The zero-order valence-corrected chi connectivity index (χ0v) is 13.9. The van der Waals surface area contributed by atoms with E-state index in [1.165, 1.54) is 0 Å². The lowest BCUT2D eigenvalue weighted by atomic mass is 10.1. The summed E-state index contributed by atoms with van der Waals surface area (Å²) in [6.45, 7) is 14.4. The summed E-state index contributed by atoms with van der Waals surface area (Å²) in [5.41, 5.74) is -0.182. The van der Waals surface area contributed by atoms with Crippen molar-refractivity contribution in [1.82, 2.24) is 4.90 Å². The molecule has 20 heavy (non-hydrogen) atoms. The molecule has 4 heteroatoms. The van der Waals surface area contributed by atoms with E-state index in [2.05, 4.69) is 18.7 Å². The predicted molar refractivity (Wildman–Crippen MR) is 82.0 cm³/mol. The first-order valence-electron chi connectivity index (χ1n) is 7.92. The fraction of sp³-hybridized carbons (Fsp3) is 1.00. The molecule has 0 bridgehead atoms. The van der Waals surface area contributed by atoms with Gasteiger partial charge >= 0.3 is 0 Å². The van der Waals surface area contributed by atoms with Crippen LogP contribution in [0.25, 0.3) is 0 Å². The molecule has 0 aromatic carbocycles. The van der Waals surface area contributed by atoms with Gasteiger partial charge in [-0.15, -0.1) is 0 Å². The highest BCUT2D eigenvalue weighted by atomic mass is 16.5. The molecule has 0 saturated carbocycles. The number of piperidine rings is 1. The molecular weight excluding hydrogens is 254 g/mol. The highest BCUT2D eigenvalue weighted by Crippen LogP contribution is 2.15. The number of likely N-dealkylation sites (tertiary alicyclic amines) is 1. The van der Waals surface area contributed by atoms with Crippen LogP contribution >= 0.6 is 0 Å². The first-order valence-corrected chi connectivity index (χ1v) is 7.92. The SMILES string of the molecule is CC(C)COC1CCN(CC(O)COC(C)(C)C)CC1. The van der Waals surface area contributed by atoms with Gasteiger partial charge in [-0.05, 0) is 39.5 Å². The Morgan fingerprint density at radius 3 is 2.25 bits per heavy atom. The molecular formula is C16H33NO3. The number of ether oxygens (including phenoxy) is 2. The van der Waals surface area contributed by atoms with E-state index in [-0.39, 0.29) is 5.60 Å². The van der Waals surface area contributed by atoms with E-state index < -0.39 is 6.10 Å². The van der Waals surface area contributed by atoms with Crippen molar-refractivity contribution in [3.8, 4) is 0 Å². The molecule has 4 nitrogen and oxygen atoms in total. The average Bonchev–Trinajstić information content (AvgIpc) is 2.35. The summed E-state index contributed by atoms with van der Waals surface area (Å²) in [7, 11) is 0. The van der Waals surface area contributed by atoms with Crippen LogP contribution in [0.3, 0.4) is 0 Å². The van der Waals surface area contributed by atoms with E-state index in [0.29, 0.717) is 25.2 Å². The first-order chi connectivity index (χ1) is 9.26. The van der Waals surface area contributed by atoms with Crippen molar-refractivity contribution in [3.05, 3.63) is 0 Å². The molecule has 1 atom stereocenters. The Hall–Kier alpha value is -0.160. The van der Waals surface area contributed by atoms with Crippen LogP contribution in [0.2, 0.25) is 0 Å². The van der Waals surface area contributed by atoms with Crippen molar-refractivity contribution in [2.24, 2.45) is 5.92 Å². The Bertz CT molecular complexity index is 255.